The van der Waals surface area contributed by atoms with Gasteiger partial charge in [-0.05, 0) is 24.7 Å². The van der Waals surface area contributed by atoms with Gasteiger partial charge >= 0.3 is 11.9 Å². The molecule has 0 rings (SSSR count). The van der Waals surface area contributed by atoms with Crippen molar-refractivity contribution in [2.24, 2.45) is 17.6 Å². The summed E-state index contributed by atoms with van der Waals surface area (Å²) in [6, 6.07) is -4.36. The fraction of sp³-hybridized carbons (Fsp3) is 0.750. The smallest absolute Gasteiger partial charge is 0.326 e. The minimum Gasteiger partial charge on any atom is -0.481 e. The lowest BCUT2D eigenvalue weighted by Crippen LogP contribution is -2.58. The molecule has 0 bridgehead atoms. The molecular formula is C20H36N4O7S. The fourth-order valence-electron chi connectivity index (χ4n) is 2.80. The molecule has 7 N–H and O–H groups in total. The van der Waals surface area contributed by atoms with Gasteiger partial charge in [0.05, 0.1) is 6.04 Å². The third-order valence-corrected chi connectivity index (χ3v) is 5.30. The van der Waals surface area contributed by atoms with Gasteiger partial charge in [-0.1, -0.05) is 34.1 Å². The van der Waals surface area contributed by atoms with Crippen LogP contribution >= 0.6 is 12.6 Å². The van der Waals surface area contributed by atoms with Crippen molar-refractivity contribution in [3.63, 3.8) is 0 Å². The Labute approximate surface area is 193 Å². The average Bonchev–Trinajstić information content (AvgIpc) is 2.71. The van der Waals surface area contributed by atoms with E-state index in [4.69, 9.17) is 10.8 Å². The van der Waals surface area contributed by atoms with Crippen LogP contribution < -0.4 is 21.7 Å². The normalized spacial score (nSPS) is 15.7. The number of carboxylic acid groups (broad SMARTS) is 2. The number of nitrogens with two attached hydrogens (primary N) is 1. The number of rotatable bonds is 15. The van der Waals surface area contributed by atoms with Crippen LogP contribution in [0.5, 0.6) is 0 Å². The van der Waals surface area contributed by atoms with Crippen molar-refractivity contribution in [1.82, 2.24) is 16.0 Å². The number of carbonyl (C=O) groups is 5. The molecule has 0 aromatic carbocycles. The molecule has 0 spiro atoms. The lowest BCUT2D eigenvalue weighted by molar-refractivity contribution is -0.144. The highest BCUT2D eigenvalue weighted by molar-refractivity contribution is 7.80. The number of thiol groups is 1. The van der Waals surface area contributed by atoms with Crippen molar-refractivity contribution in [3.8, 4) is 0 Å². The third-order valence-electron chi connectivity index (χ3n) is 4.94. The van der Waals surface area contributed by atoms with E-state index in [9.17, 15) is 29.1 Å². The van der Waals surface area contributed by atoms with E-state index in [1.807, 2.05) is 13.8 Å². The Morgan fingerprint density at radius 3 is 1.88 bits per heavy atom. The summed E-state index contributed by atoms with van der Waals surface area (Å²) in [4.78, 5) is 59.8. The highest BCUT2D eigenvalue weighted by atomic mass is 32.1. The van der Waals surface area contributed by atoms with Crippen LogP contribution in [-0.2, 0) is 24.0 Å². The lowest BCUT2D eigenvalue weighted by atomic mass is 9.97. The van der Waals surface area contributed by atoms with Gasteiger partial charge in [-0.2, -0.15) is 12.6 Å². The first-order valence-electron chi connectivity index (χ1n) is 10.6. The van der Waals surface area contributed by atoms with Crippen LogP contribution in [0.15, 0.2) is 0 Å². The molecule has 11 nitrogen and oxygen atoms in total. The van der Waals surface area contributed by atoms with E-state index in [2.05, 4.69) is 28.6 Å². The van der Waals surface area contributed by atoms with Crippen LogP contribution in [0.4, 0.5) is 0 Å². The first-order valence-corrected chi connectivity index (χ1v) is 11.2. The quantitative estimate of drug-likeness (QED) is 0.157. The molecule has 0 fully saturated rings. The monoisotopic (exact) mass is 476 g/mol. The standard InChI is InChI=1S/C20H36N4O7S/c1-5-11(4)16(20(30)31)24-18(28)13(8-10(2)3)22-19(29)14(9-32)23-17(27)12(21)6-7-15(25)26/h10-14,16,32H,5-9,21H2,1-4H3,(H,22,29)(H,23,27)(H,24,28)(H,25,26)(H,30,31). The molecule has 3 amide bonds. The maximum atomic E-state index is 12.8. The first kappa shape index (κ1) is 29.7. The molecule has 0 aliphatic rings. The number of aliphatic carboxylic acids is 2. The van der Waals surface area contributed by atoms with Gasteiger partial charge in [0, 0.05) is 12.2 Å². The average molecular weight is 477 g/mol. The van der Waals surface area contributed by atoms with Crippen molar-refractivity contribution in [1.29, 1.82) is 0 Å². The second kappa shape index (κ2) is 14.7. The molecule has 0 saturated heterocycles. The molecule has 184 valence electrons. The predicted octanol–water partition coefficient (Wildman–Crippen LogP) is -0.260. The van der Waals surface area contributed by atoms with E-state index in [1.165, 1.54) is 0 Å². The summed E-state index contributed by atoms with van der Waals surface area (Å²) in [5.41, 5.74) is 5.66. The van der Waals surface area contributed by atoms with Crippen LogP contribution in [0, 0.1) is 11.8 Å². The van der Waals surface area contributed by atoms with Crippen LogP contribution in [0.3, 0.4) is 0 Å². The third kappa shape index (κ3) is 10.8. The molecule has 5 unspecified atom stereocenters. The summed E-state index contributed by atoms with van der Waals surface area (Å²) >= 11 is 4.06. The molecule has 0 radical (unpaired) electrons. The molecule has 0 aromatic heterocycles. The van der Waals surface area contributed by atoms with E-state index in [-0.39, 0.29) is 36.9 Å². The molecule has 0 aliphatic heterocycles. The number of amides is 3. The molecule has 12 heteroatoms. The maximum absolute atomic E-state index is 12.8. The Balaban J connectivity index is 5.27. The molecule has 0 saturated carbocycles. The van der Waals surface area contributed by atoms with Gasteiger partial charge < -0.3 is 31.9 Å². The fourth-order valence-corrected chi connectivity index (χ4v) is 3.05. The SMILES string of the molecule is CCC(C)C(NC(=O)C(CC(C)C)NC(=O)C(CS)NC(=O)C(N)CCC(=O)O)C(=O)O. The van der Waals surface area contributed by atoms with Gasteiger partial charge in [0.2, 0.25) is 17.7 Å². The Bertz CT molecular complexity index is 674. The van der Waals surface area contributed by atoms with Crippen molar-refractivity contribution >= 4 is 42.3 Å². The second-order valence-electron chi connectivity index (χ2n) is 8.18. The molecule has 32 heavy (non-hydrogen) atoms. The minimum atomic E-state index is -1.17. The van der Waals surface area contributed by atoms with Crippen molar-refractivity contribution in [2.75, 3.05) is 5.75 Å². The molecule has 0 aromatic rings. The van der Waals surface area contributed by atoms with Crippen molar-refractivity contribution in [2.45, 2.75) is 77.5 Å². The van der Waals surface area contributed by atoms with Crippen LogP contribution in [0.2, 0.25) is 0 Å². The summed E-state index contributed by atoms with van der Waals surface area (Å²) in [6.07, 6.45) is 0.376. The maximum Gasteiger partial charge on any atom is 0.326 e. The van der Waals surface area contributed by atoms with E-state index in [1.54, 1.807) is 13.8 Å². The first-order chi connectivity index (χ1) is 14.8. The van der Waals surface area contributed by atoms with Crippen molar-refractivity contribution < 1.29 is 34.2 Å². The topological polar surface area (TPSA) is 188 Å². The highest BCUT2D eigenvalue weighted by Crippen LogP contribution is 2.11. The van der Waals surface area contributed by atoms with Crippen LogP contribution in [-0.4, -0.2) is 69.8 Å². The molecular weight excluding hydrogens is 440 g/mol. The second-order valence-corrected chi connectivity index (χ2v) is 8.55. The van der Waals surface area contributed by atoms with Gasteiger partial charge in [-0.3, -0.25) is 19.2 Å². The Morgan fingerprint density at radius 2 is 1.44 bits per heavy atom. The Kier molecular flexibility index (Phi) is 13.6. The number of hydrogen-bond donors (Lipinski definition) is 7. The van der Waals surface area contributed by atoms with Crippen LogP contribution in [0.25, 0.3) is 0 Å². The van der Waals surface area contributed by atoms with E-state index >= 15 is 0 Å². The van der Waals surface area contributed by atoms with Gasteiger partial charge in [0.15, 0.2) is 0 Å². The Morgan fingerprint density at radius 1 is 0.906 bits per heavy atom. The van der Waals surface area contributed by atoms with E-state index in [0.717, 1.165) is 0 Å². The number of carboxylic acids is 2. The number of carbonyl (C=O) groups excluding carboxylic acids is 3. The summed E-state index contributed by atoms with van der Waals surface area (Å²) in [5.74, 6) is -4.71. The summed E-state index contributed by atoms with van der Waals surface area (Å²) in [5, 5.41) is 25.5. The number of hydrogen-bond acceptors (Lipinski definition) is 7. The van der Waals surface area contributed by atoms with Crippen molar-refractivity contribution in [3.05, 3.63) is 0 Å². The van der Waals surface area contributed by atoms with Crippen LogP contribution in [0.1, 0.15) is 53.4 Å². The summed E-state index contributed by atoms with van der Waals surface area (Å²) < 4.78 is 0. The minimum absolute atomic E-state index is 0.00594. The summed E-state index contributed by atoms with van der Waals surface area (Å²) in [7, 11) is 0. The highest BCUT2D eigenvalue weighted by Gasteiger charge is 2.32. The predicted molar refractivity (Wildman–Crippen MR) is 121 cm³/mol. The zero-order chi connectivity index (χ0) is 25.0. The molecule has 0 heterocycles. The van der Waals surface area contributed by atoms with Gasteiger partial charge in [0.1, 0.15) is 18.1 Å². The zero-order valence-electron chi connectivity index (χ0n) is 19.0. The lowest BCUT2D eigenvalue weighted by Gasteiger charge is -2.27. The molecule has 0 aliphatic carbocycles. The zero-order valence-corrected chi connectivity index (χ0v) is 19.9. The number of nitrogens with one attached hydrogen (secondary N) is 3. The summed E-state index contributed by atoms with van der Waals surface area (Å²) in [6.45, 7) is 7.20. The van der Waals surface area contributed by atoms with Gasteiger partial charge in [-0.25, -0.2) is 4.79 Å². The van der Waals surface area contributed by atoms with Gasteiger partial charge in [0.25, 0.3) is 0 Å². The Hall–Kier alpha value is -2.34. The largest absolute Gasteiger partial charge is 0.481 e. The molecule has 5 atom stereocenters. The van der Waals surface area contributed by atoms with Gasteiger partial charge in [-0.15, -0.1) is 0 Å². The van der Waals surface area contributed by atoms with E-state index < -0.39 is 53.8 Å². The van der Waals surface area contributed by atoms with E-state index in [0.29, 0.717) is 6.42 Å².